The molecule has 1 fully saturated rings. The number of benzene rings is 2. The number of piperidine rings is 1. The van der Waals surface area contributed by atoms with Crippen LogP contribution in [0.4, 0.5) is 0 Å². The summed E-state index contributed by atoms with van der Waals surface area (Å²) >= 11 is 0. The van der Waals surface area contributed by atoms with Gasteiger partial charge in [-0.3, -0.25) is 0 Å². The number of para-hydroxylation sites is 1. The second-order valence-corrected chi connectivity index (χ2v) is 7.16. The van der Waals surface area contributed by atoms with E-state index in [4.69, 9.17) is 4.42 Å². The molecule has 0 saturated carbocycles. The van der Waals surface area contributed by atoms with E-state index in [0.29, 0.717) is 6.04 Å². The minimum absolute atomic E-state index is 0.595. The fourth-order valence-corrected chi connectivity index (χ4v) is 3.83. The first-order chi connectivity index (χ1) is 12.2. The van der Waals surface area contributed by atoms with Gasteiger partial charge in [-0.15, -0.1) is 0 Å². The first-order valence-corrected chi connectivity index (χ1v) is 9.18. The number of nitrogens with one attached hydrogen (secondary N) is 1. The standard InChI is InChI=1S/C22H25N2O/c1-23-14-12-18(13-15-23)24(2)20-16-22(17-8-4-3-5-9-17)25-21-11-7-6-10-19(20)21/h3-11,16,18H,12-15H2,1-2H3/q+1/p+1. The Morgan fingerprint density at radius 3 is 2.40 bits per heavy atom. The predicted octanol–water partition coefficient (Wildman–Crippen LogP) is 2.18. The Hall–Kier alpha value is -2.39. The molecule has 2 heterocycles. The number of hydrogen-bond donors (Lipinski definition) is 1. The summed E-state index contributed by atoms with van der Waals surface area (Å²) < 4.78 is 8.68. The Balaban J connectivity index is 1.91. The van der Waals surface area contributed by atoms with Gasteiger partial charge in [0, 0.05) is 5.56 Å². The molecule has 3 heteroatoms. The molecule has 0 spiro atoms. The van der Waals surface area contributed by atoms with Crippen LogP contribution < -0.4 is 14.8 Å². The maximum absolute atomic E-state index is 6.21. The molecule has 4 rings (SSSR count). The number of hydrogen-bond acceptors (Lipinski definition) is 1. The van der Waals surface area contributed by atoms with E-state index in [1.54, 1.807) is 4.90 Å². The zero-order valence-electron chi connectivity index (χ0n) is 15.0. The second-order valence-electron chi connectivity index (χ2n) is 7.16. The molecule has 1 aromatic heterocycles. The molecule has 1 N–H and O–H groups in total. The van der Waals surface area contributed by atoms with E-state index in [1.807, 2.05) is 12.1 Å². The lowest BCUT2D eigenvalue weighted by Crippen LogP contribution is -3.10. The van der Waals surface area contributed by atoms with Gasteiger partial charge < -0.3 is 9.32 Å². The van der Waals surface area contributed by atoms with E-state index in [0.717, 1.165) is 16.9 Å². The molecule has 0 atom stereocenters. The normalized spacial score (nSPS) is 22.0. The molecule has 0 aliphatic carbocycles. The molecule has 0 unspecified atom stereocenters. The quantitative estimate of drug-likeness (QED) is 0.713. The van der Waals surface area contributed by atoms with Crippen LogP contribution in [0.25, 0.3) is 22.3 Å². The number of fused-ring (bicyclic) bond motifs is 1. The van der Waals surface area contributed by atoms with Crippen LogP contribution >= 0.6 is 0 Å². The van der Waals surface area contributed by atoms with Crippen molar-refractivity contribution in [3.05, 3.63) is 66.0 Å². The Bertz CT molecular complexity index is 935. The maximum atomic E-state index is 6.21. The van der Waals surface area contributed by atoms with Crippen LogP contribution in [0.1, 0.15) is 12.8 Å². The zero-order chi connectivity index (χ0) is 17.2. The maximum Gasteiger partial charge on any atom is 0.214 e. The summed E-state index contributed by atoms with van der Waals surface area (Å²) in [6.07, 6.45) is 2.48. The van der Waals surface area contributed by atoms with Gasteiger partial charge in [0.2, 0.25) is 5.36 Å². The van der Waals surface area contributed by atoms with Crippen molar-refractivity contribution < 1.29 is 9.32 Å². The molecule has 3 aromatic rings. The third kappa shape index (κ3) is 3.24. The van der Waals surface area contributed by atoms with Crippen molar-refractivity contribution in [3.63, 3.8) is 0 Å². The monoisotopic (exact) mass is 334 g/mol. The molecule has 3 nitrogen and oxygen atoms in total. The fraction of sp³-hybridized carbons (Fsp3) is 0.318. The van der Waals surface area contributed by atoms with Crippen molar-refractivity contribution in [2.75, 3.05) is 27.2 Å². The largest absolute Gasteiger partial charge is 0.456 e. The van der Waals surface area contributed by atoms with Crippen LogP contribution in [0.2, 0.25) is 0 Å². The second kappa shape index (κ2) is 6.85. The zero-order valence-corrected chi connectivity index (χ0v) is 15.0. The van der Waals surface area contributed by atoms with Gasteiger partial charge in [0.05, 0.1) is 44.4 Å². The van der Waals surface area contributed by atoms with Crippen molar-refractivity contribution in [2.45, 2.75) is 18.9 Å². The molecule has 0 bridgehead atoms. The Morgan fingerprint density at radius 2 is 1.64 bits per heavy atom. The lowest BCUT2D eigenvalue weighted by Gasteiger charge is -2.23. The van der Waals surface area contributed by atoms with E-state index >= 15 is 0 Å². The molecule has 0 radical (unpaired) electrons. The average molecular weight is 334 g/mol. The van der Waals surface area contributed by atoms with Gasteiger partial charge in [0.1, 0.15) is 18.4 Å². The van der Waals surface area contributed by atoms with Crippen molar-refractivity contribution in [1.82, 2.24) is 4.58 Å². The summed E-state index contributed by atoms with van der Waals surface area (Å²) in [4.78, 5) is 1.64. The first-order valence-electron chi connectivity index (χ1n) is 9.18. The van der Waals surface area contributed by atoms with E-state index in [2.05, 4.69) is 67.2 Å². The summed E-state index contributed by atoms with van der Waals surface area (Å²) in [6.45, 7) is 2.49. The number of likely N-dealkylation sites (tertiary alicyclic amines) is 1. The van der Waals surface area contributed by atoms with Crippen LogP contribution in [0.15, 0.2) is 65.1 Å². The van der Waals surface area contributed by atoms with E-state index < -0.39 is 0 Å². The topological polar surface area (TPSA) is 20.6 Å². The van der Waals surface area contributed by atoms with Gasteiger partial charge in [0.15, 0.2) is 6.04 Å². The van der Waals surface area contributed by atoms with Crippen molar-refractivity contribution >= 4 is 11.0 Å². The third-order valence-corrected chi connectivity index (χ3v) is 5.45. The molecule has 2 aromatic carbocycles. The predicted molar refractivity (Wildman–Crippen MR) is 102 cm³/mol. The highest BCUT2D eigenvalue weighted by Crippen LogP contribution is 2.21. The van der Waals surface area contributed by atoms with E-state index in [-0.39, 0.29) is 0 Å². The van der Waals surface area contributed by atoms with Gasteiger partial charge in [-0.1, -0.05) is 42.5 Å². The smallest absolute Gasteiger partial charge is 0.214 e. The molecule has 0 amide bonds. The lowest BCUT2D eigenvalue weighted by molar-refractivity contribution is -0.885. The summed E-state index contributed by atoms with van der Waals surface area (Å²) in [6, 6.07) is 21.6. The number of quaternary nitrogens is 1. The minimum atomic E-state index is 0.595. The highest BCUT2D eigenvalue weighted by Gasteiger charge is 2.26. The summed E-state index contributed by atoms with van der Waals surface area (Å²) in [5.74, 6) is 0.930. The van der Waals surface area contributed by atoms with Crippen LogP contribution in [-0.2, 0) is 0 Å². The Morgan fingerprint density at radius 1 is 0.960 bits per heavy atom. The van der Waals surface area contributed by atoms with Gasteiger partial charge in [-0.2, -0.15) is 0 Å². The van der Waals surface area contributed by atoms with Crippen LogP contribution in [0.3, 0.4) is 0 Å². The van der Waals surface area contributed by atoms with Crippen LogP contribution in [0.5, 0.6) is 0 Å². The molecular weight excluding hydrogens is 308 g/mol. The van der Waals surface area contributed by atoms with E-state index in [1.165, 1.54) is 36.7 Å². The Labute approximate surface area is 148 Å². The molecule has 128 valence electrons. The minimum Gasteiger partial charge on any atom is -0.456 e. The molecule has 25 heavy (non-hydrogen) atoms. The van der Waals surface area contributed by atoms with Gasteiger partial charge >= 0.3 is 0 Å². The highest BCUT2D eigenvalue weighted by molar-refractivity contribution is 5.78. The summed E-state index contributed by atoms with van der Waals surface area (Å²) in [5, 5.41) is 2.46. The SMILES string of the molecule is C[N+](=c1cc(-c2ccccc2)oc2ccccc12)C1CC[NH+](C)CC1. The third-order valence-electron chi connectivity index (χ3n) is 5.45. The first kappa shape index (κ1) is 16.1. The van der Waals surface area contributed by atoms with Gasteiger partial charge in [-0.05, 0) is 12.1 Å². The molecule has 1 saturated heterocycles. The summed E-state index contributed by atoms with van der Waals surface area (Å²) in [7, 11) is 4.53. The van der Waals surface area contributed by atoms with Crippen molar-refractivity contribution in [2.24, 2.45) is 0 Å². The van der Waals surface area contributed by atoms with Gasteiger partial charge in [-0.25, -0.2) is 4.58 Å². The van der Waals surface area contributed by atoms with E-state index in [9.17, 15) is 0 Å². The van der Waals surface area contributed by atoms with Crippen molar-refractivity contribution in [1.29, 1.82) is 0 Å². The van der Waals surface area contributed by atoms with Gasteiger partial charge in [0.25, 0.3) is 0 Å². The highest BCUT2D eigenvalue weighted by atomic mass is 16.3. The molecule has 1 aliphatic heterocycles. The average Bonchev–Trinajstić information content (AvgIpc) is 2.68. The van der Waals surface area contributed by atoms with Crippen LogP contribution in [-0.4, -0.2) is 33.2 Å². The number of nitrogens with zero attached hydrogens (tertiary/aromatic N) is 1. The Kier molecular flexibility index (Phi) is 4.41. The fourth-order valence-electron chi connectivity index (χ4n) is 3.83. The summed E-state index contributed by atoms with van der Waals surface area (Å²) in [5.41, 5.74) is 2.07. The molecule has 1 aliphatic rings. The lowest BCUT2D eigenvalue weighted by atomic mass is 10.0. The van der Waals surface area contributed by atoms with Crippen LogP contribution in [0, 0.1) is 0 Å². The number of rotatable bonds is 2. The van der Waals surface area contributed by atoms with Crippen molar-refractivity contribution in [3.8, 4) is 11.3 Å². The molecular formula is C22H26N2O+2.